The molecule has 0 saturated carbocycles. The third-order valence-corrected chi connectivity index (χ3v) is 2.89. The molecule has 100 valence electrons. The molecule has 2 rings (SSSR count). The molecule has 0 saturated heterocycles. The van der Waals surface area contributed by atoms with Gasteiger partial charge in [0.2, 0.25) is 0 Å². The maximum atomic E-state index is 12.1. The predicted molar refractivity (Wildman–Crippen MR) is 73.9 cm³/mol. The molecule has 0 bridgehead atoms. The molecule has 1 aromatic heterocycles. The van der Waals surface area contributed by atoms with Gasteiger partial charge in [0.15, 0.2) is 5.82 Å². The van der Waals surface area contributed by atoms with Gasteiger partial charge in [-0.15, -0.1) is 0 Å². The molecule has 1 aromatic carbocycles. The summed E-state index contributed by atoms with van der Waals surface area (Å²) in [7, 11) is 1.50. The van der Waals surface area contributed by atoms with Crippen LogP contribution in [0.5, 0.6) is 5.75 Å². The van der Waals surface area contributed by atoms with Gasteiger partial charge in [-0.2, -0.15) is 5.10 Å². The summed E-state index contributed by atoms with van der Waals surface area (Å²) < 4.78 is 5.14. The van der Waals surface area contributed by atoms with Crippen molar-refractivity contribution in [2.24, 2.45) is 0 Å². The molecule has 0 aliphatic rings. The molecule has 0 spiro atoms. The molecule has 2 aromatic rings. The number of rotatable bonds is 4. The van der Waals surface area contributed by atoms with Crippen molar-refractivity contribution >= 4 is 23.3 Å². The van der Waals surface area contributed by atoms with Crippen LogP contribution in [0.15, 0.2) is 24.3 Å². The zero-order chi connectivity index (χ0) is 13.8. The van der Waals surface area contributed by atoms with Crippen molar-refractivity contribution in [3.63, 3.8) is 0 Å². The molecule has 0 atom stereocenters. The zero-order valence-electron chi connectivity index (χ0n) is 10.7. The first-order valence-electron chi connectivity index (χ1n) is 5.83. The Morgan fingerprint density at radius 3 is 2.89 bits per heavy atom. The number of amides is 1. The Kier molecular flexibility index (Phi) is 4.06. The molecule has 19 heavy (non-hydrogen) atoms. The SMILES string of the molecule is CCc1cc(NC(=O)c2cc(Cl)ccc2OC)n[nH]1. The van der Waals surface area contributed by atoms with Crippen LogP contribution in [-0.2, 0) is 6.42 Å². The topological polar surface area (TPSA) is 67.0 Å². The lowest BCUT2D eigenvalue weighted by Gasteiger charge is -2.08. The van der Waals surface area contributed by atoms with Gasteiger partial charge in [-0.25, -0.2) is 0 Å². The number of aryl methyl sites for hydroxylation is 1. The number of H-pyrrole nitrogens is 1. The van der Waals surface area contributed by atoms with Crippen molar-refractivity contribution < 1.29 is 9.53 Å². The minimum atomic E-state index is -0.312. The number of carbonyl (C=O) groups excluding carboxylic acids is 1. The fourth-order valence-corrected chi connectivity index (χ4v) is 1.82. The quantitative estimate of drug-likeness (QED) is 0.904. The van der Waals surface area contributed by atoms with E-state index in [2.05, 4.69) is 15.5 Å². The summed E-state index contributed by atoms with van der Waals surface area (Å²) in [5.41, 5.74) is 1.32. The fourth-order valence-electron chi connectivity index (χ4n) is 1.65. The van der Waals surface area contributed by atoms with Gasteiger partial charge in [0.25, 0.3) is 5.91 Å². The number of hydrogen-bond donors (Lipinski definition) is 2. The zero-order valence-corrected chi connectivity index (χ0v) is 11.4. The maximum Gasteiger partial charge on any atom is 0.260 e. The summed E-state index contributed by atoms with van der Waals surface area (Å²) in [6, 6.07) is 6.66. The molecule has 1 heterocycles. The van der Waals surface area contributed by atoms with E-state index >= 15 is 0 Å². The smallest absolute Gasteiger partial charge is 0.260 e. The van der Waals surface area contributed by atoms with Crippen molar-refractivity contribution in [3.05, 3.63) is 40.5 Å². The van der Waals surface area contributed by atoms with Crippen molar-refractivity contribution in [2.45, 2.75) is 13.3 Å². The number of methoxy groups -OCH3 is 1. The van der Waals surface area contributed by atoms with E-state index in [1.165, 1.54) is 7.11 Å². The number of anilines is 1. The summed E-state index contributed by atoms with van der Waals surface area (Å²) in [6.45, 7) is 2.00. The van der Waals surface area contributed by atoms with Crippen molar-refractivity contribution in [1.29, 1.82) is 0 Å². The Morgan fingerprint density at radius 1 is 1.47 bits per heavy atom. The van der Waals surface area contributed by atoms with E-state index in [-0.39, 0.29) is 5.91 Å². The second kappa shape index (κ2) is 5.75. The van der Waals surface area contributed by atoms with E-state index < -0.39 is 0 Å². The molecule has 0 unspecified atom stereocenters. The number of halogens is 1. The van der Waals surface area contributed by atoms with Gasteiger partial charge in [0, 0.05) is 16.8 Å². The van der Waals surface area contributed by atoms with Gasteiger partial charge >= 0.3 is 0 Å². The lowest BCUT2D eigenvalue weighted by molar-refractivity contribution is 0.102. The lowest BCUT2D eigenvalue weighted by Crippen LogP contribution is -2.13. The van der Waals surface area contributed by atoms with Crippen LogP contribution in [0.3, 0.4) is 0 Å². The summed E-state index contributed by atoms with van der Waals surface area (Å²) in [6.07, 6.45) is 0.823. The Bertz CT molecular complexity index is 595. The number of benzene rings is 1. The maximum absolute atomic E-state index is 12.1. The van der Waals surface area contributed by atoms with Gasteiger partial charge in [0.05, 0.1) is 12.7 Å². The summed E-state index contributed by atoms with van der Waals surface area (Å²) in [5, 5.41) is 10.00. The third kappa shape index (κ3) is 3.06. The molecular formula is C13H14ClN3O2. The highest BCUT2D eigenvalue weighted by Gasteiger charge is 2.14. The van der Waals surface area contributed by atoms with E-state index in [0.717, 1.165) is 12.1 Å². The van der Waals surface area contributed by atoms with E-state index in [9.17, 15) is 4.79 Å². The van der Waals surface area contributed by atoms with Crippen molar-refractivity contribution in [1.82, 2.24) is 10.2 Å². The van der Waals surface area contributed by atoms with Crippen LogP contribution in [0, 0.1) is 0 Å². The summed E-state index contributed by atoms with van der Waals surface area (Å²) >= 11 is 5.89. The molecular weight excluding hydrogens is 266 g/mol. The van der Waals surface area contributed by atoms with Crippen molar-refractivity contribution in [3.8, 4) is 5.75 Å². The van der Waals surface area contributed by atoms with Crippen LogP contribution in [0.4, 0.5) is 5.82 Å². The molecule has 1 amide bonds. The Labute approximate surface area is 115 Å². The number of ether oxygens (including phenoxy) is 1. The first-order valence-corrected chi connectivity index (χ1v) is 6.21. The highest BCUT2D eigenvalue weighted by Crippen LogP contribution is 2.23. The van der Waals surface area contributed by atoms with Crippen LogP contribution in [0.1, 0.15) is 23.0 Å². The lowest BCUT2D eigenvalue weighted by atomic mass is 10.2. The number of hydrogen-bond acceptors (Lipinski definition) is 3. The minimum absolute atomic E-state index is 0.312. The first-order chi connectivity index (χ1) is 9.13. The highest BCUT2D eigenvalue weighted by atomic mass is 35.5. The van der Waals surface area contributed by atoms with Crippen LogP contribution < -0.4 is 10.1 Å². The number of nitrogens with one attached hydrogen (secondary N) is 2. The normalized spacial score (nSPS) is 10.3. The number of aromatic amines is 1. The monoisotopic (exact) mass is 279 g/mol. The Balaban J connectivity index is 2.21. The van der Waals surface area contributed by atoms with Crippen LogP contribution in [0.2, 0.25) is 5.02 Å². The van der Waals surface area contributed by atoms with E-state index in [0.29, 0.717) is 22.2 Å². The van der Waals surface area contributed by atoms with Gasteiger partial charge < -0.3 is 10.1 Å². The molecule has 6 heteroatoms. The third-order valence-electron chi connectivity index (χ3n) is 2.66. The predicted octanol–water partition coefficient (Wildman–Crippen LogP) is 2.89. The van der Waals surface area contributed by atoms with E-state index in [4.69, 9.17) is 16.3 Å². The number of nitrogens with zero attached hydrogens (tertiary/aromatic N) is 1. The van der Waals surface area contributed by atoms with Crippen LogP contribution >= 0.6 is 11.6 Å². The standard InChI is InChI=1S/C13H14ClN3O2/c1-3-9-7-12(17-16-9)15-13(18)10-6-8(14)4-5-11(10)19-2/h4-7H,3H2,1-2H3,(H2,15,16,17,18). The number of aromatic nitrogens is 2. The van der Waals surface area contributed by atoms with E-state index in [1.54, 1.807) is 24.3 Å². The average molecular weight is 280 g/mol. The first kappa shape index (κ1) is 13.4. The molecule has 0 aliphatic carbocycles. The molecule has 5 nitrogen and oxygen atoms in total. The minimum Gasteiger partial charge on any atom is -0.496 e. The molecule has 0 fully saturated rings. The largest absolute Gasteiger partial charge is 0.496 e. The summed E-state index contributed by atoms with van der Waals surface area (Å²) in [5.74, 6) is 0.630. The molecule has 2 N–H and O–H groups in total. The fraction of sp³-hybridized carbons (Fsp3) is 0.231. The van der Waals surface area contributed by atoms with E-state index in [1.807, 2.05) is 6.92 Å². The highest BCUT2D eigenvalue weighted by molar-refractivity contribution is 6.31. The van der Waals surface area contributed by atoms with Crippen LogP contribution in [0.25, 0.3) is 0 Å². The molecule has 0 radical (unpaired) electrons. The average Bonchev–Trinajstić information content (AvgIpc) is 2.86. The second-order valence-corrected chi connectivity index (χ2v) is 4.37. The van der Waals surface area contributed by atoms with Gasteiger partial charge in [0.1, 0.15) is 5.75 Å². The number of carbonyl (C=O) groups is 1. The van der Waals surface area contributed by atoms with Crippen LogP contribution in [-0.4, -0.2) is 23.2 Å². The Hall–Kier alpha value is -2.01. The second-order valence-electron chi connectivity index (χ2n) is 3.93. The summed E-state index contributed by atoms with van der Waals surface area (Å²) in [4.78, 5) is 12.1. The molecule has 0 aliphatic heterocycles. The Morgan fingerprint density at radius 2 is 2.26 bits per heavy atom. The van der Waals surface area contributed by atoms with Gasteiger partial charge in [-0.1, -0.05) is 18.5 Å². The van der Waals surface area contributed by atoms with Crippen molar-refractivity contribution in [2.75, 3.05) is 12.4 Å². The van der Waals surface area contributed by atoms with Gasteiger partial charge in [-0.3, -0.25) is 9.89 Å². The van der Waals surface area contributed by atoms with Gasteiger partial charge in [-0.05, 0) is 24.6 Å².